The van der Waals surface area contributed by atoms with Gasteiger partial charge in [0, 0.05) is 52.5 Å². The Morgan fingerprint density at radius 2 is 1.74 bits per heavy atom. The van der Waals surface area contributed by atoms with Crippen molar-refractivity contribution in [2.24, 2.45) is 5.92 Å². The van der Waals surface area contributed by atoms with E-state index in [1.165, 1.54) is 24.7 Å². The molecule has 1 aliphatic rings. The molecule has 0 atom stereocenters. The zero-order valence-corrected chi connectivity index (χ0v) is 22.2. The maximum atomic E-state index is 12.3. The van der Waals surface area contributed by atoms with E-state index >= 15 is 0 Å². The van der Waals surface area contributed by atoms with E-state index in [0.29, 0.717) is 24.8 Å². The Kier molecular flexibility index (Phi) is 8.22. The third kappa shape index (κ3) is 7.28. The van der Waals surface area contributed by atoms with Crippen LogP contribution in [0.4, 0.5) is 22.1 Å². The molecule has 0 radical (unpaired) electrons. The lowest BCUT2D eigenvalue weighted by atomic mass is 9.96. The SMILES string of the molecule is CN(CC1CCN(C(=O)OC(C)(C)C)CC1)c1cc(Nc2ccc(S(=O)(=O)N(C)C)cc2)ncn1. The Hall–Kier alpha value is -2.92. The predicted molar refractivity (Wildman–Crippen MR) is 136 cm³/mol. The number of hydrogen-bond donors (Lipinski definition) is 1. The van der Waals surface area contributed by atoms with Crippen molar-refractivity contribution in [1.29, 1.82) is 0 Å². The number of carbonyl (C=O) groups is 1. The second-order valence-electron chi connectivity index (χ2n) is 9.99. The zero-order chi connectivity index (χ0) is 25.8. The van der Waals surface area contributed by atoms with E-state index in [1.807, 2.05) is 33.9 Å². The molecule has 1 N–H and O–H groups in total. The molecule has 1 amide bonds. The van der Waals surface area contributed by atoms with Crippen molar-refractivity contribution in [3.8, 4) is 0 Å². The lowest BCUT2D eigenvalue weighted by Crippen LogP contribution is -2.43. The van der Waals surface area contributed by atoms with Gasteiger partial charge in [-0.1, -0.05) is 0 Å². The second-order valence-corrected chi connectivity index (χ2v) is 12.1. The first-order valence-corrected chi connectivity index (χ1v) is 13.1. The number of anilines is 3. The molecule has 0 spiro atoms. The fourth-order valence-electron chi connectivity index (χ4n) is 3.80. The van der Waals surface area contributed by atoms with Crippen molar-refractivity contribution in [2.75, 3.05) is 51.0 Å². The number of hydrogen-bond acceptors (Lipinski definition) is 8. The summed E-state index contributed by atoms with van der Waals surface area (Å²) in [6.07, 6.45) is 3.07. The zero-order valence-electron chi connectivity index (χ0n) is 21.4. The van der Waals surface area contributed by atoms with Gasteiger partial charge in [-0.15, -0.1) is 0 Å². The summed E-state index contributed by atoms with van der Waals surface area (Å²) in [6, 6.07) is 8.41. The van der Waals surface area contributed by atoms with E-state index in [4.69, 9.17) is 4.74 Å². The Balaban J connectivity index is 1.56. The second kappa shape index (κ2) is 10.8. The molecular formula is C24H36N6O4S. The molecule has 0 bridgehead atoms. The van der Waals surface area contributed by atoms with E-state index in [9.17, 15) is 13.2 Å². The summed E-state index contributed by atoms with van der Waals surface area (Å²) in [7, 11) is 1.53. The van der Waals surface area contributed by atoms with Gasteiger partial charge in [-0.3, -0.25) is 0 Å². The molecule has 1 aromatic carbocycles. The topological polar surface area (TPSA) is 108 Å². The number of aromatic nitrogens is 2. The van der Waals surface area contributed by atoms with E-state index in [-0.39, 0.29) is 11.0 Å². The van der Waals surface area contributed by atoms with Crippen molar-refractivity contribution in [3.05, 3.63) is 36.7 Å². The molecule has 0 aliphatic carbocycles. The molecule has 1 fully saturated rings. The molecule has 192 valence electrons. The summed E-state index contributed by atoms with van der Waals surface area (Å²) in [5.41, 5.74) is 0.239. The Morgan fingerprint density at radius 3 is 2.31 bits per heavy atom. The molecule has 1 aromatic heterocycles. The third-order valence-corrected chi connectivity index (χ3v) is 7.58. The van der Waals surface area contributed by atoms with Gasteiger partial charge in [0.2, 0.25) is 10.0 Å². The summed E-state index contributed by atoms with van der Waals surface area (Å²) < 4.78 is 31.2. The summed E-state index contributed by atoms with van der Waals surface area (Å²) >= 11 is 0. The van der Waals surface area contributed by atoms with Crippen LogP contribution in [-0.4, -0.2) is 80.1 Å². The highest BCUT2D eigenvalue weighted by molar-refractivity contribution is 7.89. The molecule has 1 aliphatic heterocycles. The first-order chi connectivity index (χ1) is 16.3. The van der Waals surface area contributed by atoms with Crippen LogP contribution in [0.25, 0.3) is 0 Å². The number of sulfonamides is 1. The van der Waals surface area contributed by atoms with Gasteiger partial charge in [0.1, 0.15) is 23.6 Å². The fourth-order valence-corrected chi connectivity index (χ4v) is 4.70. The van der Waals surface area contributed by atoms with Gasteiger partial charge in [-0.05, 0) is 63.8 Å². The van der Waals surface area contributed by atoms with Crippen LogP contribution in [-0.2, 0) is 14.8 Å². The largest absolute Gasteiger partial charge is 0.444 e. The first kappa shape index (κ1) is 26.7. The van der Waals surface area contributed by atoms with Crippen molar-refractivity contribution in [3.63, 3.8) is 0 Å². The van der Waals surface area contributed by atoms with Crippen LogP contribution >= 0.6 is 0 Å². The van der Waals surface area contributed by atoms with E-state index in [2.05, 4.69) is 20.2 Å². The smallest absolute Gasteiger partial charge is 0.410 e. The Bertz CT molecular complexity index is 1110. The number of carbonyl (C=O) groups excluding carboxylic acids is 1. The highest BCUT2D eigenvalue weighted by Gasteiger charge is 2.27. The summed E-state index contributed by atoms with van der Waals surface area (Å²) in [5, 5.41) is 3.20. The first-order valence-electron chi connectivity index (χ1n) is 11.7. The molecule has 35 heavy (non-hydrogen) atoms. The maximum Gasteiger partial charge on any atom is 0.410 e. The third-order valence-electron chi connectivity index (χ3n) is 5.75. The van der Waals surface area contributed by atoms with Gasteiger partial charge in [0.05, 0.1) is 4.90 Å². The molecule has 1 saturated heterocycles. The van der Waals surface area contributed by atoms with Crippen molar-refractivity contribution in [1.82, 2.24) is 19.2 Å². The van der Waals surface area contributed by atoms with Crippen LogP contribution in [0, 0.1) is 5.92 Å². The molecular weight excluding hydrogens is 468 g/mol. The minimum absolute atomic E-state index is 0.230. The molecule has 11 heteroatoms. The number of piperidine rings is 1. The van der Waals surface area contributed by atoms with Crippen LogP contribution in [0.3, 0.4) is 0 Å². The van der Waals surface area contributed by atoms with Gasteiger partial charge >= 0.3 is 6.09 Å². The van der Waals surface area contributed by atoms with Crippen molar-refractivity contribution >= 4 is 33.4 Å². The number of likely N-dealkylation sites (tertiary alicyclic amines) is 1. The Morgan fingerprint density at radius 1 is 1.11 bits per heavy atom. The number of benzene rings is 1. The Labute approximate surface area is 208 Å². The standard InChI is InChI=1S/C24H36N6O4S/c1-24(2,3)34-23(31)30-13-11-18(12-14-30)16-29(6)22-15-21(25-17-26-22)27-19-7-9-20(10-8-19)35(32,33)28(4)5/h7-10,15,17-18H,11-14,16H2,1-6H3,(H,25,26,27). The van der Waals surface area contributed by atoms with Crippen LogP contribution < -0.4 is 10.2 Å². The van der Waals surface area contributed by atoms with Crippen molar-refractivity contribution in [2.45, 2.75) is 44.1 Å². The van der Waals surface area contributed by atoms with Gasteiger partial charge in [-0.2, -0.15) is 0 Å². The van der Waals surface area contributed by atoms with Gasteiger partial charge in [0.15, 0.2) is 0 Å². The summed E-state index contributed by atoms with van der Waals surface area (Å²) in [5.74, 6) is 1.84. The van der Waals surface area contributed by atoms with Crippen LogP contribution in [0.2, 0.25) is 0 Å². The van der Waals surface area contributed by atoms with Crippen LogP contribution in [0.5, 0.6) is 0 Å². The average Bonchev–Trinajstić information content (AvgIpc) is 2.79. The molecule has 0 unspecified atom stereocenters. The molecule has 10 nitrogen and oxygen atoms in total. The monoisotopic (exact) mass is 504 g/mol. The average molecular weight is 505 g/mol. The highest BCUT2D eigenvalue weighted by atomic mass is 32.2. The molecule has 0 saturated carbocycles. The quantitative estimate of drug-likeness (QED) is 0.610. The minimum Gasteiger partial charge on any atom is -0.444 e. The van der Waals surface area contributed by atoms with Gasteiger partial charge in [-0.25, -0.2) is 27.5 Å². The van der Waals surface area contributed by atoms with Gasteiger partial charge in [0.25, 0.3) is 0 Å². The normalized spacial score (nSPS) is 15.2. The van der Waals surface area contributed by atoms with E-state index in [1.54, 1.807) is 29.2 Å². The van der Waals surface area contributed by atoms with E-state index < -0.39 is 15.6 Å². The molecule has 2 heterocycles. The van der Waals surface area contributed by atoms with Crippen LogP contribution in [0.1, 0.15) is 33.6 Å². The van der Waals surface area contributed by atoms with E-state index in [0.717, 1.165) is 30.9 Å². The fraction of sp³-hybridized carbons (Fsp3) is 0.542. The molecule has 3 rings (SSSR count). The summed E-state index contributed by atoms with van der Waals surface area (Å²) in [6.45, 7) is 7.81. The number of ether oxygens (including phenoxy) is 1. The number of rotatable bonds is 7. The summed E-state index contributed by atoms with van der Waals surface area (Å²) in [4.78, 5) is 25.1. The van der Waals surface area contributed by atoms with Crippen LogP contribution in [0.15, 0.2) is 41.6 Å². The predicted octanol–water partition coefficient (Wildman–Crippen LogP) is 3.55. The minimum atomic E-state index is -3.47. The number of nitrogens with zero attached hydrogens (tertiary/aromatic N) is 5. The lowest BCUT2D eigenvalue weighted by Gasteiger charge is -2.35. The molecule has 2 aromatic rings. The van der Waals surface area contributed by atoms with Gasteiger partial charge < -0.3 is 19.9 Å². The highest BCUT2D eigenvalue weighted by Crippen LogP contribution is 2.24. The maximum absolute atomic E-state index is 12.3. The number of nitrogens with one attached hydrogen (secondary N) is 1. The number of amides is 1. The lowest BCUT2D eigenvalue weighted by molar-refractivity contribution is 0.0186. The van der Waals surface area contributed by atoms with Crippen molar-refractivity contribution < 1.29 is 17.9 Å².